The molecule has 0 aliphatic rings. The van der Waals surface area contributed by atoms with Crippen LogP contribution in [0.3, 0.4) is 0 Å². The first-order valence-corrected chi connectivity index (χ1v) is 8.68. The highest BCUT2D eigenvalue weighted by Gasteiger charge is 2.00. The van der Waals surface area contributed by atoms with Crippen molar-refractivity contribution >= 4 is 28.1 Å². The Labute approximate surface area is 141 Å². The van der Waals surface area contributed by atoms with Crippen molar-refractivity contribution in [3.8, 4) is 0 Å². The summed E-state index contributed by atoms with van der Waals surface area (Å²) in [4.78, 5) is 5.67. The van der Waals surface area contributed by atoms with E-state index in [2.05, 4.69) is 75.6 Å². The molecule has 0 amide bonds. The molecule has 0 saturated heterocycles. The molecule has 2 N–H and O–H groups in total. The van der Waals surface area contributed by atoms with E-state index >= 15 is 0 Å². The number of benzene rings is 2. The molecule has 3 nitrogen and oxygen atoms in total. The normalized spacial score (nSPS) is 11.6. The molecular formula is C19H21N3S. The van der Waals surface area contributed by atoms with Gasteiger partial charge in [-0.3, -0.25) is 4.99 Å². The summed E-state index contributed by atoms with van der Waals surface area (Å²) >= 11 is 1.79. The minimum Gasteiger partial charge on any atom is -0.356 e. The number of guanidine groups is 1. The SMILES string of the molecule is CN=C(NCCc1cccs1)NCc1ccc2ccccc2c1. The van der Waals surface area contributed by atoms with Gasteiger partial charge in [-0.05, 0) is 40.3 Å². The molecule has 0 fully saturated rings. The van der Waals surface area contributed by atoms with Crippen LogP contribution in [0.4, 0.5) is 0 Å². The first-order chi connectivity index (χ1) is 11.3. The minimum atomic E-state index is 0.767. The molecule has 4 heteroatoms. The summed E-state index contributed by atoms with van der Waals surface area (Å²) in [7, 11) is 1.81. The van der Waals surface area contributed by atoms with Crippen LogP contribution in [0.25, 0.3) is 10.8 Å². The molecule has 0 spiro atoms. The summed E-state index contributed by atoms with van der Waals surface area (Å²) in [5.74, 6) is 0.842. The molecule has 1 heterocycles. The van der Waals surface area contributed by atoms with Gasteiger partial charge >= 0.3 is 0 Å². The fourth-order valence-electron chi connectivity index (χ4n) is 2.51. The van der Waals surface area contributed by atoms with Crippen molar-refractivity contribution in [1.29, 1.82) is 0 Å². The van der Waals surface area contributed by atoms with E-state index in [0.717, 1.165) is 25.5 Å². The summed E-state index contributed by atoms with van der Waals surface area (Å²) < 4.78 is 0. The Morgan fingerprint density at radius 2 is 1.87 bits per heavy atom. The number of nitrogens with zero attached hydrogens (tertiary/aromatic N) is 1. The highest BCUT2D eigenvalue weighted by molar-refractivity contribution is 7.09. The number of thiophene rings is 1. The topological polar surface area (TPSA) is 36.4 Å². The van der Waals surface area contributed by atoms with Crippen LogP contribution in [0.15, 0.2) is 65.0 Å². The zero-order valence-electron chi connectivity index (χ0n) is 13.3. The van der Waals surface area contributed by atoms with Crippen molar-refractivity contribution < 1.29 is 0 Å². The Hall–Kier alpha value is -2.33. The Morgan fingerprint density at radius 3 is 2.65 bits per heavy atom. The van der Waals surface area contributed by atoms with Gasteiger partial charge in [0, 0.05) is 25.0 Å². The average molecular weight is 323 g/mol. The highest BCUT2D eigenvalue weighted by atomic mass is 32.1. The van der Waals surface area contributed by atoms with Crippen LogP contribution in [-0.4, -0.2) is 19.6 Å². The lowest BCUT2D eigenvalue weighted by Gasteiger charge is -2.12. The predicted molar refractivity (Wildman–Crippen MR) is 100 cm³/mol. The Bertz CT molecular complexity index is 778. The zero-order chi connectivity index (χ0) is 15.9. The summed E-state index contributed by atoms with van der Waals surface area (Å²) in [5, 5.41) is 11.4. The van der Waals surface area contributed by atoms with Crippen LogP contribution in [0.2, 0.25) is 0 Å². The lowest BCUT2D eigenvalue weighted by molar-refractivity contribution is 0.799. The summed E-state index contributed by atoms with van der Waals surface area (Å²) in [5.41, 5.74) is 1.25. The molecular weight excluding hydrogens is 302 g/mol. The number of fused-ring (bicyclic) bond motifs is 1. The molecule has 0 aliphatic carbocycles. The van der Waals surface area contributed by atoms with Gasteiger partial charge in [-0.2, -0.15) is 0 Å². The van der Waals surface area contributed by atoms with Crippen LogP contribution in [0.5, 0.6) is 0 Å². The van der Waals surface area contributed by atoms with E-state index in [9.17, 15) is 0 Å². The average Bonchev–Trinajstić information content (AvgIpc) is 3.11. The smallest absolute Gasteiger partial charge is 0.191 e. The van der Waals surface area contributed by atoms with E-state index in [-0.39, 0.29) is 0 Å². The third kappa shape index (κ3) is 4.33. The Kier molecular flexibility index (Phi) is 5.27. The van der Waals surface area contributed by atoms with Gasteiger partial charge in [-0.15, -0.1) is 11.3 Å². The Morgan fingerprint density at radius 1 is 1.00 bits per heavy atom. The minimum absolute atomic E-state index is 0.767. The standard InChI is InChI=1S/C19H21N3S/c1-20-19(21-11-10-18-7-4-12-23-18)22-14-15-8-9-16-5-2-3-6-17(16)13-15/h2-9,12-13H,10-11,14H2,1H3,(H2,20,21,22). The maximum atomic E-state index is 4.28. The zero-order valence-corrected chi connectivity index (χ0v) is 14.1. The van der Waals surface area contributed by atoms with Crippen LogP contribution < -0.4 is 10.6 Å². The molecule has 3 aromatic rings. The van der Waals surface area contributed by atoms with Gasteiger partial charge in [0.15, 0.2) is 5.96 Å². The first kappa shape index (κ1) is 15.6. The van der Waals surface area contributed by atoms with E-state index in [4.69, 9.17) is 0 Å². The third-order valence-electron chi connectivity index (χ3n) is 3.74. The maximum absolute atomic E-state index is 4.28. The molecule has 23 heavy (non-hydrogen) atoms. The van der Waals surface area contributed by atoms with E-state index in [1.54, 1.807) is 18.4 Å². The molecule has 1 aromatic heterocycles. The quantitative estimate of drug-likeness (QED) is 0.553. The van der Waals surface area contributed by atoms with Gasteiger partial charge in [0.05, 0.1) is 0 Å². The molecule has 0 unspecified atom stereocenters. The molecule has 0 saturated carbocycles. The largest absolute Gasteiger partial charge is 0.356 e. The van der Waals surface area contributed by atoms with E-state index < -0.39 is 0 Å². The second-order valence-electron chi connectivity index (χ2n) is 5.36. The number of aliphatic imine (C=N–C) groups is 1. The summed E-state index contributed by atoms with van der Waals surface area (Å²) in [6, 6.07) is 19.2. The van der Waals surface area contributed by atoms with Crippen molar-refractivity contribution in [3.05, 3.63) is 70.4 Å². The lowest BCUT2D eigenvalue weighted by Crippen LogP contribution is -2.37. The third-order valence-corrected chi connectivity index (χ3v) is 4.68. The maximum Gasteiger partial charge on any atom is 0.191 e. The first-order valence-electron chi connectivity index (χ1n) is 7.80. The molecule has 0 radical (unpaired) electrons. The van der Waals surface area contributed by atoms with Crippen molar-refractivity contribution in [2.75, 3.05) is 13.6 Å². The van der Waals surface area contributed by atoms with Crippen molar-refractivity contribution in [1.82, 2.24) is 10.6 Å². The second-order valence-corrected chi connectivity index (χ2v) is 6.40. The monoisotopic (exact) mass is 323 g/mol. The lowest BCUT2D eigenvalue weighted by atomic mass is 10.1. The number of hydrogen-bond acceptors (Lipinski definition) is 2. The van der Waals surface area contributed by atoms with Crippen molar-refractivity contribution in [3.63, 3.8) is 0 Å². The molecule has 2 aromatic carbocycles. The van der Waals surface area contributed by atoms with Crippen LogP contribution >= 0.6 is 11.3 Å². The molecule has 0 bridgehead atoms. The highest BCUT2D eigenvalue weighted by Crippen LogP contribution is 2.15. The molecule has 0 aliphatic heterocycles. The number of hydrogen-bond donors (Lipinski definition) is 2. The predicted octanol–water partition coefficient (Wildman–Crippen LogP) is 3.81. The van der Waals surface area contributed by atoms with Crippen molar-refractivity contribution in [2.24, 2.45) is 4.99 Å². The summed E-state index contributed by atoms with van der Waals surface area (Å²) in [6.45, 7) is 1.65. The molecule has 3 rings (SSSR count). The Balaban J connectivity index is 1.52. The van der Waals surface area contributed by atoms with Gasteiger partial charge in [0.2, 0.25) is 0 Å². The van der Waals surface area contributed by atoms with Gasteiger partial charge < -0.3 is 10.6 Å². The molecule has 0 atom stereocenters. The molecule has 118 valence electrons. The van der Waals surface area contributed by atoms with Gasteiger partial charge in [-0.1, -0.05) is 42.5 Å². The van der Waals surface area contributed by atoms with Crippen LogP contribution in [-0.2, 0) is 13.0 Å². The number of rotatable bonds is 5. The fraction of sp³-hybridized carbons (Fsp3) is 0.211. The fourth-order valence-corrected chi connectivity index (χ4v) is 3.22. The van der Waals surface area contributed by atoms with Gasteiger partial charge in [0.25, 0.3) is 0 Å². The van der Waals surface area contributed by atoms with Gasteiger partial charge in [0.1, 0.15) is 0 Å². The van der Waals surface area contributed by atoms with Crippen LogP contribution in [0.1, 0.15) is 10.4 Å². The van der Waals surface area contributed by atoms with Crippen LogP contribution in [0, 0.1) is 0 Å². The van der Waals surface area contributed by atoms with Gasteiger partial charge in [-0.25, -0.2) is 0 Å². The van der Waals surface area contributed by atoms with E-state index in [1.165, 1.54) is 21.2 Å². The van der Waals surface area contributed by atoms with E-state index in [1.807, 2.05) is 0 Å². The van der Waals surface area contributed by atoms with E-state index in [0.29, 0.717) is 0 Å². The summed E-state index contributed by atoms with van der Waals surface area (Å²) in [6.07, 6.45) is 1.02. The second kappa shape index (κ2) is 7.79. The van der Waals surface area contributed by atoms with Crippen molar-refractivity contribution in [2.45, 2.75) is 13.0 Å². The number of nitrogens with one attached hydrogen (secondary N) is 2.